The van der Waals surface area contributed by atoms with Crippen LogP contribution in [0.25, 0.3) is 0 Å². The smallest absolute Gasteiger partial charge is 0.179 e. The van der Waals surface area contributed by atoms with Gasteiger partial charge < -0.3 is 4.74 Å². The second kappa shape index (κ2) is 6.66. The third-order valence-electron chi connectivity index (χ3n) is 3.48. The summed E-state index contributed by atoms with van der Waals surface area (Å²) in [6, 6.07) is 5.76. The van der Waals surface area contributed by atoms with E-state index in [0.29, 0.717) is 6.61 Å². The number of methoxy groups -OCH3 is 1. The van der Waals surface area contributed by atoms with Crippen molar-refractivity contribution in [1.82, 2.24) is 4.90 Å². The van der Waals surface area contributed by atoms with Crippen molar-refractivity contribution >= 4 is 5.78 Å². The number of carbonyl (C=O) groups is 1. The van der Waals surface area contributed by atoms with Gasteiger partial charge in [-0.1, -0.05) is 12.1 Å². The minimum absolute atomic E-state index is 0.123. The first kappa shape index (κ1) is 14.9. The maximum atomic E-state index is 12.3. The Bertz CT molecular complexity index is 415. The van der Waals surface area contributed by atoms with Crippen molar-refractivity contribution in [3.63, 3.8) is 0 Å². The SMILES string of the molecule is COCCN(C)C(C)C(=O)c1ccc(C)c(C)c1. The molecule has 0 spiro atoms. The maximum Gasteiger partial charge on any atom is 0.179 e. The average Bonchev–Trinajstić information content (AvgIpc) is 2.37. The van der Waals surface area contributed by atoms with Crippen LogP contribution in [-0.4, -0.2) is 44.0 Å². The number of aryl methyl sites for hydroxylation is 2. The van der Waals surface area contributed by atoms with Crippen LogP contribution in [0.4, 0.5) is 0 Å². The molecule has 0 aromatic heterocycles. The third kappa shape index (κ3) is 3.65. The Morgan fingerprint density at radius 2 is 2.00 bits per heavy atom. The number of nitrogens with zero attached hydrogens (tertiary/aromatic N) is 1. The summed E-state index contributed by atoms with van der Waals surface area (Å²) >= 11 is 0. The van der Waals surface area contributed by atoms with Crippen LogP contribution in [-0.2, 0) is 4.74 Å². The zero-order valence-electron chi connectivity index (χ0n) is 12.0. The lowest BCUT2D eigenvalue weighted by molar-refractivity contribution is 0.0826. The lowest BCUT2D eigenvalue weighted by Gasteiger charge is -2.23. The summed E-state index contributed by atoms with van der Waals surface area (Å²) in [7, 11) is 3.62. The van der Waals surface area contributed by atoms with E-state index in [1.54, 1.807) is 7.11 Å². The molecule has 3 heteroatoms. The molecule has 1 aromatic carbocycles. The van der Waals surface area contributed by atoms with E-state index >= 15 is 0 Å². The van der Waals surface area contributed by atoms with Crippen LogP contribution in [0.2, 0.25) is 0 Å². The Morgan fingerprint density at radius 1 is 1.33 bits per heavy atom. The lowest BCUT2D eigenvalue weighted by Crippen LogP contribution is -2.38. The molecule has 100 valence electrons. The van der Waals surface area contributed by atoms with Gasteiger partial charge in [-0.25, -0.2) is 0 Å². The second-order valence-electron chi connectivity index (χ2n) is 4.81. The minimum atomic E-state index is -0.123. The van der Waals surface area contributed by atoms with E-state index in [2.05, 4.69) is 6.92 Å². The molecule has 0 N–H and O–H groups in total. The van der Waals surface area contributed by atoms with Crippen LogP contribution in [0, 0.1) is 13.8 Å². The van der Waals surface area contributed by atoms with Gasteiger partial charge in [0.15, 0.2) is 5.78 Å². The van der Waals surface area contributed by atoms with E-state index in [1.807, 2.05) is 44.0 Å². The molecule has 1 atom stereocenters. The predicted molar refractivity (Wildman–Crippen MR) is 74.2 cm³/mol. The summed E-state index contributed by atoms with van der Waals surface area (Å²) < 4.78 is 5.03. The highest BCUT2D eigenvalue weighted by atomic mass is 16.5. The van der Waals surface area contributed by atoms with Gasteiger partial charge in [0.05, 0.1) is 12.6 Å². The average molecular weight is 249 g/mol. The lowest BCUT2D eigenvalue weighted by atomic mass is 10.00. The molecule has 1 aromatic rings. The Morgan fingerprint density at radius 3 is 2.56 bits per heavy atom. The highest BCUT2D eigenvalue weighted by molar-refractivity contribution is 6.00. The van der Waals surface area contributed by atoms with Gasteiger partial charge in [0, 0.05) is 19.2 Å². The van der Waals surface area contributed by atoms with Crippen LogP contribution < -0.4 is 0 Å². The number of ether oxygens (including phenoxy) is 1. The molecule has 0 amide bonds. The third-order valence-corrected chi connectivity index (χ3v) is 3.48. The monoisotopic (exact) mass is 249 g/mol. The van der Waals surface area contributed by atoms with Crippen LogP contribution in [0.1, 0.15) is 28.4 Å². The summed E-state index contributed by atoms with van der Waals surface area (Å²) in [5, 5.41) is 0. The Balaban J connectivity index is 2.76. The van der Waals surface area contributed by atoms with Crippen LogP contribution in [0.3, 0.4) is 0 Å². The molecule has 1 rings (SSSR count). The second-order valence-corrected chi connectivity index (χ2v) is 4.81. The number of ketones is 1. The predicted octanol–water partition coefficient (Wildman–Crippen LogP) is 2.45. The van der Waals surface area contributed by atoms with Crippen molar-refractivity contribution in [2.75, 3.05) is 27.3 Å². The molecule has 0 aliphatic rings. The molecule has 1 unspecified atom stereocenters. The number of hydrogen-bond acceptors (Lipinski definition) is 3. The topological polar surface area (TPSA) is 29.5 Å². The molecule has 18 heavy (non-hydrogen) atoms. The van der Waals surface area contributed by atoms with Crippen LogP contribution in [0.15, 0.2) is 18.2 Å². The summed E-state index contributed by atoms with van der Waals surface area (Å²) in [5.41, 5.74) is 3.16. The van der Waals surface area contributed by atoms with E-state index in [9.17, 15) is 4.79 Å². The zero-order chi connectivity index (χ0) is 13.7. The van der Waals surface area contributed by atoms with E-state index in [0.717, 1.165) is 17.7 Å². The van der Waals surface area contributed by atoms with Gasteiger partial charge >= 0.3 is 0 Å². The highest BCUT2D eigenvalue weighted by Crippen LogP contribution is 2.13. The van der Waals surface area contributed by atoms with E-state index in [1.165, 1.54) is 5.56 Å². The summed E-state index contributed by atoms with van der Waals surface area (Å²) in [6.07, 6.45) is 0. The van der Waals surface area contributed by atoms with Gasteiger partial charge in [-0.05, 0) is 45.0 Å². The Hall–Kier alpha value is -1.19. The van der Waals surface area contributed by atoms with E-state index in [-0.39, 0.29) is 11.8 Å². The van der Waals surface area contributed by atoms with Crippen molar-refractivity contribution < 1.29 is 9.53 Å². The standard InChI is InChI=1S/C15H23NO2/c1-11-6-7-14(10-12(11)2)15(17)13(3)16(4)8-9-18-5/h6-7,10,13H,8-9H2,1-5H3. The number of likely N-dealkylation sites (N-methyl/N-ethyl adjacent to an activating group) is 1. The fourth-order valence-electron chi connectivity index (χ4n) is 1.76. The van der Waals surface area contributed by atoms with Gasteiger partial charge in [0.2, 0.25) is 0 Å². The van der Waals surface area contributed by atoms with Gasteiger partial charge in [-0.2, -0.15) is 0 Å². The van der Waals surface area contributed by atoms with Gasteiger partial charge in [0.25, 0.3) is 0 Å². The van der Waals surface area contributed by atoms with Crippen molar-refractivity contribution in [2.24, 2.45) is 0 Å². The molecule has 0 saturated heterocycles. The fraction of sp³-hybridized carbons (Fsp3) is 0.533. The van der Waals surface area contributed by atoms with Gasteiger partial charge in [-0.3, -0.25) is 9.69 Å². The van der Waals surface area contributed by atoms with Crippen molar-refractivity contribution in [1.29, 1.82) is 0 Å². The van der Waals surface area contributed by atoms with Gasteiger partial charge in [0.1, 0.15) is 0 Å². The first-order chi connectivity index (χ1) is 8.47. The van der Waals surface area contributed by atoms with Crippen molar-refractivity contribution in [3.05, 3.63) is 34.9 Å². The maximum absolute atomic E-state index is 12.3. The largest absolute Gasteiger partial charge is 0.383 e. The molecule has 0 fully saturated rings. The van der Waals surface area contributed by atoms with Crippen LogP contribution >= 0.6 is 0 Å². The Labute approximate surface area is 110 Å². The summed E-state index contributed by atoms with van der Waals surface area (Å²) in [4.78, 5) is 14.3. The summed E-state index contributed by atoms with van der Waals surface area (Å²) in [5.74, 6) is 0.164. The molecule has 0 bridgehead atoms. The Kier molecular flexibility index (Phi) is 5.51. The molecular weight excluding hydrogens is 226 g/mol. The quantitative estimate of drug-likeness (QED) is 0.725. The highest BCUT2D eigenvalue weighted by Gasteiger charge is 2.19. The molecule has 0 aliphatic heterocycles. The van der Waals surface area contributed by atoms with Gasteiger partial charge in [-0.15, -0.1) is 0 Å². The number of carbonyl (C=O) groups excluding carboxylic acids is 1. The first-order valence-corrected chi connectivity index (χ1v) is 6.28. The number of Topliss-reactive ketones (excluding diaryl/α,β-unsaturated/α-hetero) is 1. The molecule has 0 aliphatic carbocycles. The van der Waals surface area contributed by atoms with Crippen molar-refractivity contribution in [2.45, 2.75) is 26.8 Å². The van der Waals surface area contributed by atoms with Crippen LogP contribution in [0.5, 0.6) is 0 Å². The van der Waals surface area contributed by atoms with E-state index in [4.69, 9.17) is 4.74 Å². The molecule has 0 heterocycles. The molecule has 3 nitrogen and oxygen atoms in total. The van der Waals surface area contributed by atoms with Crippen molar-refractivity contribution in [3.8, 4) is 0 Å². The molecule has 0 saturated carbocycles. The number of rotatable bonds is 6. The summed E-state index contributed by atoms with van der Waals surface area (Å²) in [6.45, 7) is 7.42. The number of hydrogen-bond donors (Lipinski definition) is 0. The first-order valence-electron chi connectivity index (χ1n) is 6.28. The molecule has 0 radical (unpaired) electrons. The normalized spacial score (nSPS) is 12.8. The molecular formula is C15H23NO2. The fourth-order valence-corrected chi connectivity index (χ4v) is 1.76. The number of benzene rings is 1. The zero-order valence-corrected chi connectivity index (χ0v) is 12.0. The van der Waals surface area contributed by atoms with E-state index < -0.39 is 0 Å². The minimum Gasteiger partial charge on any atom is -0.383 e.